The van der Waals surface area contributed by atoms with Crippen molar-refractivity contribution in [3.8, 4) is 23.0 Å². The van der Waals surface area contributed by atoms with Crippen LogP contribution in [-0.4, -0.2) is 93.3 Å². The fourth-order valence-corrected chi connectivity index (χ4v) is 12.8. The van der Waals surface area contributed by atoms with Crippen LogP contribution in [0.2, 0.25) is 0 Å². The topological polar surface area (TPSA) is 180 Å². The Morgan fingerprint density at radius 3 is 1.18 bits per heavy atom. The van der Waals surface area contributed by atoms with Crippen LogP contribution in [0.3, 0.4) is 0 Å². The second kappa shape index (κ2) is 19.4. The standard InChI is InChI=1S/C50H56N2O12.2BrH/c1-28(53)61-44-11-7-9-32-17-34(46(23-42(32)44)63-30(3)55)26-51(5)38-13-14-39(51)20-36(19-38)50(49(59)60,25-48(57)58)37-21-40-15-16-41(22-37)52(40,6)27-35-18-33-10-8-12-45(62-29(2)54)43(33)24-47(35)64-31(4)56;;/h7-12,17-18,23-24,36-41H,13-16,19-22,25-27H2,1-6H3;2*1H. The van der Waals surface area contributed by atoms with Gasteiger partial charge in [-0.2, -0.15) is 0 Å². The van der Waals surface area contributed by atoms with Gasteiger partial charge < -0.3 is 72.1 Å². The van der Waals surface area contributed by atoms with Crippen LogP contribution in [0.1, 0.15) is 96.6 Å². The average molecular weight is 1040 g/mol. The molecule has 0 radical (unpaired) electrons. The van der Waals surface area contributed by atoms with Crippen molar-refractivity contribution in [2.45, 2.75) is 123 Å². The number of nitrogens with zero attached hydrogens (tertiary/aromatic N) is 2. The summed E-state index contributed by atoms with van der Waals surface area (Å²) in [5, 5.41) is 24.9. The number of carboxylic acid groups (broad SMARTS) is 2. The van der Waals surface area contributed by atoms with Crippen LogP contribution in [0.25, 0.3) is 21.5 Å². The molecule has 2 N–H and O–H groups in total. The Balaban J connectivity index is 0.00000360. The molecule has 4 saturated heterocycles. The molecular weight excluding hydrogens is 980 g/mol. The third-order valence-corrected chi connectivity index (χ3v) is 15.6. The first-order chi connectivity index (χ1) is 30.3. The van der Waals surface area contributed by atoms with Crippen molar-refractivity contribution in [2.24, 2.45) is 17.3 Å². The summed E-state index contributed by atoms with van der Waals surface area (Å²) in [6.45, 7) is 6.37. The van der Waals surface area contributed by atoms with E-state index < -0.39 is 47.7 Å². The van der Waals surface area contributed by atoms with E-state index in [0.29, 0.717) is 81.5 Å². The third kappa shape index (κ3) is 9.35. The molecule has 4 bridgehead atoms. The zero-order valence-corrected chi connectivity index (χ0v) is 41.3. The van der Waals surface area contributed by atoms with Crippen LogP contribution >= 0.6 is 0 Å². The Morgan fingerprint density at radius 1 is 0.545 bits per heavy atom. The maximum atomic E-state index is 14.0. The van der Waals surface area contributed by atoms with Gasteiger partial charge in [-0.15, -0.1) is 0 Å². The molecule has 14 nitrogen and oxygen atoms in total. The summed E-state index contributed by atoms with van der Waals surface area (Å²) in [4.78, 5) is 75.6. The molecule has 16 heteroatoms. The minimum atomic E-state index is -1.48. The van der Waals surface area contributed by atoms with Crippen LogP contribution in [0, 0.1) is 17.3 Å². The minimum absolute atomic E-state index is 0. The summed E-state index contributed by atoms with van der Waals surface area (Å²) < 4.78 is 23.7. The van der Waals surface area contributed by atoms with E-state index in [1.165, 1.54) is 27.7 Å². The Labute approximate surface area is 405 Å². The third-order valence-electron chi connectivity index (χ3n) is 15.6. The number of carboxylic acids is 2. The number of halogens is 2. The van der Waals surface area contributed by atoms with Crippen molar-refractivity contribution in [2.75, 3.05) is 14.1 Å². The number of carbonyl (C=O) groups is 6. The summed E-state index contributed by atoms with van der Waals surface area (Å²) in [7, 11) is 4.38. The molecule has 4 unspecified atom stereocenters. The molecule has 8 rings (SSSR count). The van der Waals surface area contributed by atoms with Crippen molar-refractivity contribution in [1.82, 2.24) is 0 Å². The molecule has 4 aliphatic rings. The Hall–Kier alpha value is -4.90. The van der Waals surface area contributed by atoms with Crippen molar-refractivity contribution in [1.29, 1.82) is 0 Å². The zero-order valence-electron chi connectivity index (χ0n) is 38.1. The van der Waals surface area contributed by atoms with E-state index in [-0.39, 0.29) is 70.0 Å². The fraction of sp³-hybridized carbons (Fsp3) is 0.480. The van der Waals surface area contributed by atoms with Gasteiger partial charge in [-0.3, -0.25) is 28.8 Å². The molecule has 0 spiro atoms. The van der Waals surface area contributed by atoms with Crippen LogP contribution in [-0.2, 0) is 41.9 Å². The van der Waals surface area contributed by atoms with Crippen molar-refractivity contribution in [3.05, 3.63) is 71.8 Å². The maximum Gasteiger partial charge on any atom is 0.310 e. The van der Waals surface area contributed by atoms with E-state index in [9.17, 15) is 39.0 Å². The van der Waals surface area contributed by atoms with Gasteiger partial charge in [-0.1, -0.05) is 24.3 Å². The van der Waals surface area contributed by atoms with E-state index in [1.54, 1.807) is 36.4 Å². The normalized spacial score (nSPS) is 27.1. The molecule has 4 heterocycles. The summed E-state index contributed by atoms with van der Waals surface area (Å²) >= 11 is 0. The number of piperidine rings is 2. The SMILES string of the molecule is CC(=O)Oc1cc2c(OC(C)=O)cccc2cc1C[N+]1(C)C2CCC1CC(C(CC(=O)O)(C(=O)O)C1CC3CCC(C1)[N+]3(C)Cc1cc3cccc(OC(C)=O)c3cc1OC(C)=O)C2.[Br-].[Br-]. The number of ether oxygens (including phenoxy) is 4. The van der Waals surface area contributed by atoms with Gasteiger partial charge in [0.05, 0.1) is 50.1 Å². The van der Waals surface area contributed by atoms with Gasteiger partial charge in [0, 0.05) is 101 Å². The molecule has 66 heavy (non-hydrogen) atoms. The number of esters is 4. The predicted octanol–water partition coefficient (Wildman–Crippen LogP) is 1.72. The van der Waals surface area contributed by atoms with E-state index >= 15 is 0 Å². The summed E-state index contributed by atoms with van der Waals surface area (Å²) in [6, 6.07) is 18.4. The van der Waals surface area contributed by atoms with Crippen LogP contribution < -0.4 is 52.9 Å². The molecule has 0 saturated carbocycles. The number of hydrogen-bond donors (Lipinski definition) is 2. The van der Waals surface area contributed by atoms with Crippen molar-refractivity contribution < 1.29 is 101 Å². The molecule has 4 aromatic carbocycles. The lowest BCUT2D eigenvalue weighted by Gasteiger charge is -2.55. The minimum Gasteiger partial charge on any atom is -1.00 e. The van der Waals surface area contributed by atoms with E-state index in [4.69, 9.17) is 18.9 Å². The first kappa shape index (κ1) is 50.5. The molecule has 4 aliphatic heterocycles. The smallest absolute Gasteiger partial charge is 0.310 e. The van der Waals surface area contributed by atoms with E-state index in [1.807, 2.05) is 24.3 Å². The van der Waals surface area contributed by atoms with Gasteiger partial charge in [-0.05, 0) is 59.0 Å². The van der Waals surface area contributed by atoms with Crippen LogP contribution in [0.5, 0.6) is 23.0 Å². The van der Waals surface area contributed by atoms with Gasteiger partial charge in [-0.25, -0.2) is 0 Å². The molecule has 4 atom stereocenters. The number of hydrogen-bond acceptors (Lipinski definition) is 10. The summed E-state index contributed by atoms with van der Waals surface area (Å²) in [5.41, 5.74) is 0.135. The van der Waals surface area contributed by atoms with Crippen LogP contribution in [0.4, 0.5) is 0 Å². The molecular formula is C50H58Br2N2O12. The Bertz CT molecular complexity index is 2410. The van der Waals surface area contributed by atoms with Gasteiger partial charge in [0.2, 0.25) is 0 Å². The number of rotatable bonds is 13. The highest BCUT2D eigenvalue weighted by atomic mass is 79.9. The van der Waals surface area contributed by atoms with Gasteiger partial charge in [0.15, 0.2) is 0 Å². The number of fused-ring (bicyclic) bond motifs is 6. The second-order valence-corrected chi connectivity index (χ2v) is 19.3. The number of aliphatic carboxylic acids is 2. The van der Waals surface area contributed by atoms with Crippen LogP contribution in [0.15, 0.2) is 60.7 Å². The molecule has 0 aliphatic carbocycles. The van der Waals surface area contributed by atoms with Crippen molar-refractivity contribution in [3.63, 3.8) is 0 Å². The van der Waals surface area contributed by atoms with Gasteiger partial charge in [0.25, 0.3) is 0 Å². The van der Waals surface area contributed by atoms with Gasteiger partial charge in [0.1, 0.15) is 36.1 Å². The Morgan fingerprint density at radius 2 is 0.879 bits per heavy atom. The van der Waals surface area contributed by atoms with Crippen molar-refractivity contribution >= 4 is 57.4 Å². The lowest BCUT2D eigenvalue weighted by molar-refractivity contribution is -0.963. The Kier molecular flexibility index (Phi) is 14.8. The number of quaternary nitrogens is 2. The highest BCUT2D eigenvalue weighted by Gasteiger charge is 2.64. The first-order valence-electron chi connectivity index (χ1n) is 22.3. The molecule has 354 valence electrons. The summed E-state index contributed by atoms with van der Waals surface area (Å²) in [5.74, 6) is -3.32. The largest absolute Gasteiger partial charge is 1.00 e. The molecule has 4 aromatic rings. The molecule has 0 amide bonds. The van der Waals surface area contributed by atoms with E-state index in [0.717, 1.165) is 47.6 Å². The number of carbonyl (C=O) groups excluding carboxylic acids is 4. The first-order valence-corrected chi connectivity index (χ1v) is 22.3. The molecule has 0 aromatic heterocycles. The van der Waals surface area contributed by atoms with E-state index in [2.05, 4.69) is 14.1 Å². The maximum absolute atomic E-state index is 14.0. The predicted molar refractivity (Wildman–Crippen MR) is 234 cm³/mol. The summed E-state index contributed by atoms with van der Waals surface area (Å²) in [6.07, 6.45) is 5.18. The highest BCUT2D eigenvalue weighted by molar-refractivity contribution is 5.94. The second-order valence-electron chi connectivity index (χ2n) is 19.3. The molecule has 4 fully saturated rings. The lowest BCUT2D eigenvalue weighted by atomic mass is 9.57. The number of benzene rings is 4. The highest BCUT2D eigenvalue weighted by Crippen LogP contribution is 2.59. The zero-order chi connectivity index (χ0) is 45.9. The lowest BCUT2D eigenvalue weighted by Crippen LogP contribution is -3.00. The fourth-order valence-electron chi connectivity index (χ4n) is 12.8. The average Bonchev–Trinajstić information content (AvgIpc) is 3.43. The quantitative estimate of drug-likeness (QED) is 0.113. The monoisotopic (exact) mass is 1040 g/mol. The van der Waals surface area contributed by atoms with Gasteiger partial charge >= 0.3 is 35.8 Å².